The van der Waals surface area contributed by atoms with Crippen molar-refractivity contribution in [2.75, 3.05) is 0 Å². The zero-order valence-corrected chi connectivity index (χ0v) is 14.9. The van der Waals surface area contributed by atoms with Crippen molar-refractivity contribution in [1.29, 1.82) is 5.26 Å². The van der Waals surface area contributed by atoms with Crippen LogP contribution in [0.4, 0.5) is 0 Å². The van der Waals surface area contributed by atoms with Gasteiger partial charge in [0.15, 0.2) is 0 Å². The van der Waals surface area contributed by atoms with E-state index in [1.165, 1.54) is 0 Å². The summed E-state index contributed by atoms with van der Waals surface area (Å²) in [5.74, 6) is -0.530. The monoisotopic (exact) mass is 370 g/mol. The van der Waals surface area contributed by atoms with Crippen LogP contribution >= 0.6 is 34.8 Å². The Morgan fingerprint density at radius 3 is 2.48 bits per heavy atom. The number of nitriles is 1. The summed E-state index contributed by atoms with van der Waals surface area (Å²) < 4.78 is -2.00. The van der Waals surface area contributed by atoms with E-state index in [2.05, 4.69) is 6.07 Å². The van der Waals surface area contributed by atoms with Gasteiger partial charge in [-0.15, -0.1) is 0 Å². The standard InChI is InChI=1S/C17H17Cl3N2O/c1-12(14-5-3-2-4-6-14)22(16(23)17(18,19)20)15-9-7-13(11-21)8-10-15/h2-7,12,15H,8-10H2,1H3/t12-,15-/m0/s1. The van der Waals surface area contributed by atoms with E-state index in [-0.39, 0.29) is 12.1 Å². The quantitative estimate of drug-likeness (QED) is 0.706. The molecule has 1 aliphatic carbocycles. The van der Waals surface area contributed by atoms with Gasteiger partial charge in [0.25, 0.3) is 9.70 Å². The van der Waals surface area contributed by atoms with Crippen LogP contribution in [0, 0.1) is 11.3 Å². The Kier molecular flexibility index (Phi) is 5.97. The topological polar surface area (TPSA) is 44.1 Å². The summed E-state index contributed by atoms with van der Waals surface area (Å²) in [5.41, 5.74) is 1.72. The summed E-state index contributed by atoms with van der Waals surface area (Å²) in [6, 6.07) is 11.5. The molecule has 0 radical (unpaired) electrons. The average molecular weight is 372 g/mol. The molecule has 0 aromatic heterocycles. The van der Waals surface area contributed by atoms with E-state index in [0.717, 1.165) is 11.1 Å². The zero-order valence-electron chi connectivity index (χ0n) is 12.7. The predicted molar refractivity (Wildman–Crippen MR) is 93.3 cm³/mol. The maximum absolute atomic E-state index is 12.7. The number of allylic oxidation sites excluding steroid dienone is 1. The third-order valence-corrected chi connectivity index (χ3v) is 4.58. The molecule has 6 heteroatoms. The van der Waals surface area contributed by atoms with Gasteiger partial charge in [-0.05, 0) is 31.7 Å². The van der Waals surface area contributed by atoms with Gasteiger partial charge < -0.3 is 4.90 Å². The second kappa shape index (κ2) is 7.57. The van der Waals surface area contributed by atoms with Crippen molar-refractivity contribution in [1.82, 2.24) is 4.90 Å². The van der Waals surface area contributed by atoms with Crippen molar-refractivity contribution in [3.05, 3.63) is 47.5 Å². The lowest BCUT2D eigenvalue weighted by Gasteiger charge is -2.39. The highest BCUT2D eigenvalue weighted by atomic mass is 35.6. The number of rotatable bonds is 3. The number of halogens is 3. The molecule has 0 aliphatic heterocycles. The SMILES string of the molecule is C[C@@H](c1ccccc1)N(C(=O)C(Cl)(Cl)Cl)[C@H]1CC=C(C#N)CC1. The smallest absolute Gasteiger partial charge is 0.275 e. The Labute approximate surface area is 151 Å². The maximum Gasteiger partial charge on any atom is 0.275 e. The Bertz CT molecular complexity index is 631. The summed E-state index contributed by atoms with van der Waals surface area (Å²) in [5, 5.41) is 8.98. The molecule has 0 saturated heterocycles. The van der Waals surface area contributed by atoms with Crippen molar-refractivity contribution in [3.63, 3.8) is 0 Å². The first-order valence-electron chi connectivity index (χ1n) is 7.38. The molecule has 1 amide bonds. The second-order valence-electron chi connectivity index (χ2n) is 5.57. The Balaban J connectivity index is 2.32. The number of hydrogen-bond donors (Lipinski definition) is 0. The first kappa shape index (κ1) is 18.1. The summed E-state index contributed by atoms with van der Waals surface area (Å²) in [7, 11) is 0. The summed E-state index contributed by atoms with van der Waals surface area (Å²) >= 11 is 17.6. The minimum atomic E-state index is -2.00. The molecule has 1 aromatic rings. The van der Waals surface area contributed by atoms with Crippen LogP contribution in [0.5, 0.6) is 0 Å². The van der Waals surface area contributed by atoms with Crippen LogP contribution in [-0.4, -0.2) is 20.6 Å². The molecular formula is C17H17Cl3N2O. The molecule has 0 heterocycles. The fourth-order valence-electron chi connectivity index (χ4n) is 2.87. The van der Waals surface area contributed by atoms with E-state index in [4.69, 9.17) is 40.1 Å². The molecule has 0 saturated carbocycles. The molecular weight excluding hydrogens is 355 g/mol. The average Bonchev–Trinajstić information content (AvgIpc) is 2.55. The molecule has 2 atom stereocenters. The number of carbonyl (C=O) groups excluding carboxylic acids is 1. The van der Waals surface area contributed by atoms with Crippen molar-refractivity contribution in [3.8, 4) is 6.07 Å². The first-order valence-corrected chi connectivity index (χ1v) is 8.51. The molecule has 0 N–H and O–H groups in total. The summed E-state index contributed by atoms with van der Waals surface area (Å²) in [4.78, 5) is 14.3. The molecule has 122 valence electrons. The van der Waals surface area contributed by atoms with E-state index in [9.17, 15) is 4.79 Å². The summed E-state index contributed by atoms with van der Waals surface area (Å²) in [6.07, 6.45) is 3.77. The highest BCUT2D eigenvalue weighted by Gasteiger charge is 2.41. The fourth-order valence-corrected chi connectivity index (χ4v) is 3.16. The number of nitrogens with zero attached hydrogens (tertiary/aromatic N) is 2. The van der Waals surface area contributed by atoms with Crippen LogP contribution in [0.15, 0.2) is 42.0 Å². The number of alkyl halides is 3. The Hall–Kier alpha value is -1.21. The fraction of sp³-hybridized carbons (Fsp3) is 0.412. The van der Waals surface area contributed by atoms with Crippen molar-refractivity contribution in [2.24, 2.45) is 0 Å². The van der Waals surface area contributed by atoms with E-state index in [1.54, 1.807) is 4.90 Å². The van der Waals surface area contributed by atoms with Gasteiger partial charge in [0.05, 0.1) is 12.1 Å². The predicted octanol–water partition coefficient (Wildman–Crippen LogP) is 4.95. The van der Waals surface area contributed by atoms with E-state index in [0.29, 0.717) is 19.3 Å². The normalized spacial score (nSPS) is 19.4. The van der Waals surface area contributed by atoms with E-state index >= 15 is 0 Å². The number of benzene rings is 1. The zero-order chi connectivity index (χ0) is 17.0. The number of carbonyl (C=O) groups is 1. The highest BCUT2D eigenvalue weighted by molar-refractivity contribution is 6.76. The van der Waals surface area contributed by atoms with Gasteiger partial charge >= 0.3 is 0 Å². The van der Waals surface area contributed by atoms with Gasteiger partial charge in [-0.3, -0.25) is 4.79 Å². The Morgan fingerprint density at radius 2 is 2.00 bits per heavy atom. The van der Waals surface area contributed by atoms with Gasteiger partial charge in [0, 0.05) is 11.6 Å². The van der Waals surface area contributed by atoms with Crippen molar-refractivity contribution >= 4 is 40.7 Å². The lowest BCUT2D eigenvalue weighted by atomic mass is 9.92. The summed E-state index contributed by atoms with van der Waals surface area (Å²) in [6.45, 7) is 1.92. The lowest BCUT2D eigenvalue weighted by Crippen LogP contribution is -2.47. The molecule has 23 heavy (non-hydrogen) atoms. The lowest BCUT2D eigenvalue weighted by molar-refractivity contribution is -0.135. The third-order valence-electron chi connectivity index (χ3n) is 4.10. The Morgan fingerprint density at radius 1 is 1.35 bits per heavy atom. The number of amides is 1. The molecule has 1 aromatic carbocycles. The first-order chi connectivity index (χ1) is 10.8. The van der Waals surface area contributed by atoms with Crippen LogP contribution in [-0.2, 0) is 4.79 Å². The van der Waals surface area contributed by atoms with Gasteiger partial charge in [-0.25, -0.2) is 0 Å². The van der Waals surface area contributed by atoms with Crippen molar-refractivity contribution in [2.45, 2.75) is 42.1 Å². The third kappa shape index (κ3) is 4.41. The van der Waals surface area contributed by atoms with Crippen molar-refractivity contribution < 1.29 is 4.79 Å². The maximum atomic E-state index is 12.7. The van der Waals surface area contributed by atoms with Gasteiger partial charge in [-0.2, -0.15) is 5.26 Å². The molecule has 0 fully saturated rings. The molecule has 1 aliphatic rings. The minimum Gasteiger partial charge on any atom is -0.329 e. The van der Waals surface area contributed by atoms with Crippen LogP contribution in [0.25, 0.3) is 0 Å². The van der Waals surface area contributed by atoms with Gasteiger partial charge in [0.2, 0.25) is 0 Å². The van der Waals surface area contributed by atoms with E-state index in [1.807, 2.05) is 43.3 Å². The largest absolute Gasteiger partial charge is 0.329 e. The minimum absolute atomic E-state index is 0.0922. The molecule has 0 spiro atoms. The molecule has 0 bridgehead atoms. The van der Waals surface area contributed by atoms with Crippen LogP contribution in [0.1, 0.15) is 37.8 Å². The van der Waals surface area contributed by atoms with E-state index < -0.39 is 9.70 Å². The molecule has 3 nitrogen and oxygen atoms in total. The van der Waals surface area contributed by atoms with Crippen LogP contribution < -0.4 is 0 Å². The molecule has 0 unspecified atom stereocenters. The van der Waals surface area contributed by atoms with Crippen LogP contribution in [0.3, 0.4) is 0 Å². The van der Waals surface area contributed by atoms with Crippen LogP contribution in [0.2, 0.25) is 0 Å². The number of hydrogen-bond acceptors (Lipinski definition) is 2. The highest BCUT2D eigenvalue weighted by Crippen LogP contribution is 2.36. The second-order valence-corrected chi connectivity index (χ2v) is 7.85. The van der Waals surface area contributed by atoms with Gasteiger partial charge in [-0.1, -0.05) is 71.2 Å². The molecule has 2 rings (SSSR count). The van der Waals surface area contributed by atoms with Gasteiger partial charge in [0.1, 0.15) is 0 Å².